The fourth-order valence-electron chi connectivity index (χ4n) is 1.98. The van der Waals surface area contributed by atoms with Gasteiger partial charge in [-0.2, -0.15) is 13.2 Å². The Morgan fingerprint density at radius 3 is 2.32 bits per heavy atom. The van der Waals surface area contributed by atoms with Crippen LogP contribution in [-0.4, -0.2) is 5.24 Å². The highest BCUT2D eigenvalue weighted by Gasteiger charge is 2.32. The van der Waals surface area contributed by atoms with E-state index in [4.69, 9.17) is 39.5 Å². The summed E-state index contributed by atoms with van der Waals surface area (Å²) in [6.07, 6.45) is -4.48. The molecule has 0 heterocycles. The van der Waals surface area contributed by atoms with Crippen molar-refractivity contribution in [3.05, 3.63) is 57.3 Å². The summed E-state index contributed by atoms with van der Waals surface area (Å²) >= 11 is 17.0. The van der Waals surface area contributed by atoms with Crippen LogP contribution < -0.4 is 4.74 Å². The van der Waals surface area contributed by atoms with Crippen molar-refractivity contribution in [2.45, 2.75) is 19.0 Å². The van der Waals surface area contributed by atoms with E-state index in [1.165, 1.54) is 18.2 Å². The van der Waals surface area contributed by atoms with Gasteiger partial charge in [0.15, 0.2) is 11.6 Å². The Labute approximate surface area is 155 Å². The van der Waals surface area contributed by atoms with Gasteiger partial charge in [-0.25, -0.2) is 4.39 Å². The minimum absolute atomic E-state index is 0.0279. The highest BCUT2D eigenvalue weighted by atomic mass is 35.5. The van der Waals surface area contributed by atoms with Crippen LogP contribution in [0.25, 0.3) is 0 Å². The molecule has 9 heteroatoms. The molecule has 0 N–H and O–H groups in total. The maximum Gasteiger partial charge on any atom is 0.416 e. The van der Waals surface area contributed by atoms with E-state index in [2.05, 4.69) is 0 Å². The van der Waals surface area contributed by atoms with Gasteiger partial charge in [0, 0.05) is 11.4 Å². The number of rotatable bonds is 5. The van der Waals surface area contributed by atoms with Crippen LogP contribution in [0.1, 0.15) is 17.5 Å². The Kier molecular flexibility index (Phi) is 6.19. The number of carbonyl (C=O) groups is 1. The number of benzene rings is 2. The van der Waals surface area contributed by atoms with Crippen molar-refractivity contribution in [2.75, 3.05) is 0 Å². The third-order valence-electron chi connectivity index (χ3n) is 3.15. The molecule has 0 saturated carbocycles. The summed E-state index contributed by atoms with van der Waals surface area (Å²) in [7, 11) is 0. The molecular weight excluding hydrogens is 407 g/mol. The second kappa shape index (κ2) is 7.81. The van der Waals surface area contributed by atoms with Gasteiger partial charge < -0.3 is 4.74 Å². The Morgan fingerprint density at radius 2 is 1.76 bits per heavy atom. The highest BCUT2D eigenvalue weighted by Crippen LogP contribution is 2.39. The van der Waals surface area contributed by atoms with Crippen molar-refractivity contribution < 1.29 is 27.1 Å². The predicted molar refractivity (Wildman–Crippen MR) is 87.1 cm³/mol. The molecule has 0 aliphatic heterocycles. The van der Waals surface area contributed by atoms with E-state index in [0.29, 0.717) is 22.7 Å². The summed E-state index contributed by atoms with van der Waals surface area (Å²) in [5.74, 6) is -1.70. The van der Waals surface area contributed by atoms with Crippen LogP contribution in [0.3, 0.4) is 0 Å². The van der Waals surface area contributed by atoms with E-state index in [1.54, 1.807) is 0 Å². The van der Waals surface area contributed by atoms with Gasteiger partial charge in [0.25, 0.3) is 0 Å². The number of halogens is 7. The van der Waals surface area contributed by atoms with Crippen LogP contribution >= 0.6 is 34.8 Å². The zero-order valence-corrected chi connectivity index (χ0v) is 14.5. The molecule has 0 amide bonds. The van der Waals surface area contributed by atoms with Crippen LogP contribution in [0.4, 0.5) is 17.6 Å². The van der Waals surface area contributed by atoms with E-state index in [9.17, 15) is 22.4 Å². The summed E-state index contributed by atoms with van der Waals surface area (Å²) in [6.45, 7) is 0. The lowest BCUT2D eigenvalue weighted by Gasteiger charge is -2.13. The topological polar surface area (TPSA) is 26.3 Å². The number of hydrogen-bond donors (Lipinski definition) is 0. The summed E-state index contributed by atoms with van der Waals surface area (Å²) in [6, 6.07) is 5.13. The molecule has 0 aliphatic rings. The highest BCUT2D eigenvalue weighted by molar-refractivity contribution is 6.63. The lowest BCUT2D eigenvalue weighted by atomic mass is 10.1. The molecule has 0 atom stereocenters. The lowest BCUT2D eigenvalue weighted by Crippen LogP contribution is -2.06. The van der Waals surface area contributed by atoms with Gasteiger partial charge in [0.1, 0.15) is 5.75 Å². The fraction of sp³-hybridized carbons (Fsp3) is 0.188. The second-order valence-corrected chi connectivity index (χ2v) is 6.21. The van der Waals surface area contributed by atoms with E-state index in [1.807, 2.05) is 0 Å². The first-order valence-electron chi connectivity index (χ1n) is 6.79. The average Bonchev–Trinajstić information content (AvgIpc) is 2.49. The smallest absolute Gasteiger partial charge is 0.416 e. The first kappa shape index (κ1) is 19.8. The number of aryl methyl sites for hydroxylation is 1. The van der Waals surface area contributed by atoms with Crippen molar-refractivity contribution in [2.24, 2.45) is 0 Å². The minimum Gasteiger partial charge on any atom is -0.453 e. The number of alkyl halides is 3. The van der Waals surface area contributed by atoms with Crippen LogP contribution in [0.5, 0.6) is 11.5 Å². The van der Waals surface area contributed by atoms with Gasteiger partial charge in [0.05, 0.1) is 10.6 Å². The largest absolute Gasteiger partial charge is 0.453 e. The Morgan fingerprint density at radius 1 is 1.08 bits per heavy atom. The first-order valence-corrected chi connectivity index (χ1v) is 7.92. The molecule has 0 saturated heterocycles. The molecule has 134 valence electrons. The summed E-state index contributed by atoms with van der Waals surface area (Å²) in [5, 5.41) is -0.747. The molecule has 0 aliphatic carbocycles. The maximum absolute atomic E-state index is 14.0. The van der Waals surface area contributed by atoms with Gasteiger partial charge in [-0.1, -0.05) is 23.2 Å². The first-order chi connectivity index (χ1) is 11.6. The van der Waals surface area contributed by atoms with Crippen LogP contribution in [-0.2, 0) is 17.4 Å². The van der Waals surface area contributed by atoms with Gasteiger partial charge in [0.2, 0.25) is 5.24 Å². The van der Waals surface area contributed by atoms with Gasteiger partial charge in [-0.15, -0.1) is 0 Å². The van der Waals surface area contributed by atoms with Crippen molar-refractivity contribution in [3.63, 3.8) is 0 Å². The fourth-order valence-corrected chi connectivity index (χ4v) is 2.53. The average molecular weight is 416 g/mol. The number of hydrogen-bond acceptors (Lipinski definition) is 2. The summed E-state index contributed by atoms with van der Waals surface area (Å²) < 4.78 is 57.1. The zero-order chi connectivity index (χ0) is 18.8. The van der Waals surface area contributed by atoms with E-state index in [0.717, 1.165) is 0 Å². The van der Waals surface area contributed by atoms with Crippen LogP contribution in [0.2, 0.25) is 10.0 Å². The number of carbonyl (C=O) groups excluding carboxylic acids is 1. The monoisotopic (exact) mass is 414 g/mol. The van der Waals surface area contributed by atoms with Gasteiger partial charge >= 0.3 is 6.18 Å². The normalized spacial score (nSPS) is 11.5. The molecule has 2 aromatic carbocycles. The third-order valence-corrected chi connectivity index (χ3v) is 3.99. The molecule has 0 spiro atoms. The third kappa shape index (κ3) is 5.23. The molecule has 2 nitrogen and oxygen atoms in total. The Hall–Kier alpha value is -1.50. The quantitative estimate of drug-likeness (QED) is 0.404. The Balaban J connectivity index is 2.31. The SMILES string of the molecule is O=C(Cl)CCc1cc(Oc2c(F)cc(C(F)(F)F)cc2Cl)ccc1Cl. The molecular formula is C16H9Cl3F4O2. The molecule has 2 aromatic rings. The summed E-state index contributed by atoms with van der Waals surface area (Å²) in [5.41, 5.74) is -0.712. The van der Waals surface area contributed by atoms with E-state index < -0.39 is 33.6 Å². The second-order valence-electron chi connectivity index (χ2n) is 4.98. The van der Waals surface area contributed by atoms with E-state index >= 15 is 0 Å². The van der Waals surface area contributed by atoms with E-state index in [-0.39, 0.29) is 18.6 Å². The molecule has 0 fully saturated rings. The molecule has 0 radical (unpaired) electrons. The standard InChI is InChI=1S/C16H9Cl3F4O2/c17-11-3-2-10(5-8(11)1-4-14(19)24)25-15-12(18)6-9(7-13(15)20)16(21,22)23/h2-3,5-7H,1,4H2. The summed E-state index contributed by atoms with van der Waals surface area (Å²) in [4.78, 5) is 10.8. The van der Waals surface area contributed by atoms with Crippen molar-refractivity contribution in [1.29, 1.82) is 0 Å². The molecule has 0 bridgehead atoms. The number of ether oxygens (including phenoxy) is 1. The van der Waals surface area contributed by atoms with Gasteiger partial charge in [-0.05, 0) is 53.9 Å². The van der Waals surface area contributed by atoms with Crippen molar-refractivity contribution in [3.8, 4) is 11.5 Å². The Bertz CT molecular complexity index is 783. The molecule has 0 unspecified atom stereocenters. The van der Waals surface area contributed by atoms with Crippen molar-refractivity contribution >= 4 is 40.0 Å². The van der Waals surface area contributed by atoms with Gasteiger partial charge in [-0.3, -0.25) is 4.79 Å². The molecule has 25 heavy (non-hydrogen) atoms. The zero-order valence-electron chi connectivity index (χ0n) is 12.3. The van der Waals surface area contributed by atoms with Crippen LogP contribution in [0.15, 0.2) is 30.3 Å². The predicted octanol–water partition coefficient (Wildman–Crippen LogP) is 6.64. The maximum atomic E-state index is 14.0. The molecule has 2 rings (SSSR count). The molecule has 0 aromatic heterocycles. The lowest BCUT2D eigenvalue weighted by molar-refractivity contribution is -0.137. The minimum atomic E-state index is -4.73. The van der Waals surface area contributed by atoms with Crippen molar-refractivity contribution in [1.82, 2.24) is 0 Å². The van der Waals surface area contributed by atoms with Crippen LogP contribution in [0, 0.1) is 5.82 Å².